The number of nitrogens with zero attached hydrogens (tertiary/aromatic N) is 1. The number of rotatable bonds is 5. The molecule has 2 rings (SSSR count). The molecule has 1 aromatic rings. The van der Waals surface area contributed by atoms with Crippen LogP contribution in [0.3, 0.4) is 0 Å². The van der Waals surface area contributed by atoms with E-state index in [0.29, 0.717) is 5.56 Å². The van der Waals surface area contributed by atoms with Gasteiger partial charge in [0, 0.05) is 17.8 Å². The number of hydrogen-bond acceptors (Lipinski definition) is 5. The van der Waals surface area contributed by atoms with Crippen molar-refractivity contribution in [2.24, 2.45) is 5.92 Å². The van der Waals surface area contributed by atoms with Crippen molar-refractivity contribution in [1.82, 2.24) is 4.90 Å². The predicted molar refractivity (Wildman–Crippen MR) is 88.5 cm³/mol. The first-order valence-corrected chi connectivity index (χ1v) is 8.54. The average molecular weight is 322 g/mol. The molecular formula is C17H24NO3S. The van der Waals surface area contributed by atoms with Crippen molar-refractivity contribution in [1.29, 1.82) is 0 Å². The molecule has 5 heteroatoms. The number of Topliss-reactive ketones (excluding diaryl/α,β-unsaturated/α-hetero) is 1. The van der Waals surface area contributed by atoms with Crippen molar-refractivity contribution in [2.45, 2.75) is 33.6 Å². The summed E-state index contributed by atoms with van der Waals surface area (Å²) in [5.41, 5.74) is 1.28. The van der Waals surface area contributed by atoms with Gasteiger partial charge in [0.1, 0.15) is 0 Å². The Morgan fingerprint density at radius 1 is 1.32 bits per heavy atom. The molecule has 121 valence electrons. The highest BCUT2D eigenvalue weighted by Gasteiger charge is 2.29. The van der Waals surface area contributed by atoms with Crippen LogP contribution in [0.2, 0.25) is 0 Å². The first-order chi connectivity index (χ1) is 10.4. The summed E-state index contributed by atoms with van der Waals surface area (Å²) in [4.78, 5) is 27.5. The second-order valence-corrected chi connectivity index (χ2v) is 7.10. The molecule has 22 heavy (non-hydrogen) atoms. The largest absolute Gasteiger partial charge is 0.465 e. The molecule has 0 N–H and O–H groups in total. The van der Waals surface area contributed by atoms with Crippen LogP contribution in [-0.2, 0) is 4.74 Å². The fraction of sp³-hybridized carbons (Fsp3) is 0.588. The molecule has 4 nitrogen and oxygen atoms in total. The summed E-state index contributed by atoms with van der Waals surface area (Å²) < 4.78 is 4.75. The van der Waals surface area contributed by atoms with Gasteiger partial charge in [-0.3, -0.25) is 4.79 Å². The molecule has 0 bridgehead atoms. The van der Waals surface area contributed by atoms with Gasteiger partial charge in [0.05, 0.1) is 17.6 Å². The quantitative estimate of drug-likeness (QED) is 0.616. The van der Waals surface area contributed by atoms with Gasteiger partial charge in [-0.15, -0.1) is 11.3 Å². The number of esters is 1. The summed E-state index contributed by atoms with van der Waals surface area (Å²) in [5.74, 6) is 1.31. The van der Waals surface area contributed by atoms with Gasteiger partial charge in [0.2, 0.25) is 0 Å². The minimum absolute atomic E-state index is 0.0799. The first kappa shape index (κ1) is 17.2. The Morgan fingerprint density at radius 2 is 1.95 bits per heavy atom. The van der Waals surface area contributed by atoms with E-state index >= 15 is 0 Å². The normalized spacial score (nSPS) is 17.0. The van der Waals surface area contributed by atoms with Crippen molar-refractivity contribution < 1.29 is 14.3 Å². The standard InChI is InChI=1S/C17H24NO3S/c1-11(2)9-18-7-5-13(6-8-18)15(19)16-12(3)14(10-22-16)17(20)21-4/h10,13H,5-9H2,1-4H3. The molecule has 0 amide bonds. The zero-order valence-electron chi connectivity index (χ0n) is 13.8. The topological polar surface area (TPSA) is 46.6 Å². The Labute approximate surface area is 136 Å². The zero-order valence-corrected chi connectivity index (χ0v) is 14.6. The lowest BCUT2D eigenvalue weighted by atomic mass is 9.90. The van der Waals surface area contributed by atoms with E-state index in [1.54, 1.807) is 5.38 Å². The molecule has 0 saturated carbocycles. The van der Waals surface area contributed by atoms with Gasteiger partial charge in [-0.2, -0.15) is 0 Å². The predicted octanol–water partition coefficient (Wildman–Crippen LogP) is 3.35. The lowest BCUT2D eigenvalue weighted by Crippen LogP contribution is -2.37. The number of carbonyl (C=O) groups excluding carboxylic acids is 2. The Balaban J connectivity index is 2.01. The molecule has 1 saturated heterocycles. The van der Waals surface area contributed by atoms with E-state index in [2.05, 4.69) is 18.7 Å². The molecular weight excluding hydrogens is 298 g/mol. The van der Waals surface area contributed by atoms with Crippen molar-refractivity contribution >= 4 is 23.1 Å². The highest BCUT2D eigenvalue weighted by molar-refractivity contribution is 7.12. The minimum Gasteiger partial charge on any atom is -0.465 e. The molecule has 0 aliphatic carbocycles. The number of carbonyl (C=O) groups is 2. The van der Waals surface area contributed by atoms with Crippen LogP contribution >= 0.6 is 11.3 Å². The second kappa shape index (κ2) is 7.38. The second-order valence-electron chi connectivity index (χ2n) is 6.22. The highest BCUT2D eigenvalue weighted by atomic mass is 32.1. The molecule has 1 aliphatic rings. The maximum Gasteiger partial charge on any atom is 0.338 e. The first-order valence-electron chi connectivity index (χ1n) is 7.66. The number of ketones is 1. The molecule has 1 fully saturated rings. The van der Waals surface area contributed by atoms with Crippen LogP contribution in [0, 0.1) is 18.8 Å². The van der Waals surface area contributed by atoms with Crippen molar-refractivity contribution in [3.63, 3.8) is 0 Å². The maximum absolute atomic E-state index is 12.7. The number of ether oxygens (including phenoxy) is 1. The lowest BCUT2D eigenvalue weighted by molar-refractivity contribution is 0.0600. The third-order valence-corrected chi connectivity index (χ3v) is 5.26. The fourth-order valence-electron chi connectivity index (χ4n) is 2.96. The van der Waals surface area contributed by atoms with Crippen LogP contribution in [0.4, 0.5) is 0 Å². The third-order valence-electron chi connectivity index (χ3n) is 4.17. The van der Waals surface area contributed by atoms with Gasteiger partial charge in [-0.25, -0.2) is 4.79 Å². The van der Waals surface area contributed by atoms with E-state index < -0.39 is 0 Å². The van der Waals surface area contributed by atoms with Crippen LogP contribution in [0.5, 0.6) is 0 Å². The number of methoxy groups -OCH3 is 1. The minimum atomic E-state index is -0.364. The Bertz CT molecular complexity index is 542. The summed E-state index contributed by atoms with van der Waals surface area (Å²) in [6.45, 7) is 9.07. The molecule has 2 heterocycles. The van der Waals surface area contributed by atoms with Crippen LogP contribution in [-0.4, -0.2) is 43.4 Å². The molecule has 0 atom stereocenters. The summed E-state index contributed by atoms with van der Waals surface area (Å²) in [7, 11) is 1.36. The number of hydrogen-bond donors (Lipinski definition) is 0. The van der Waals surface area contributed by atoms with Crippen molar-refractivity contribution in [2.75, 3.05) is 26.7 Å². The molecule has 0 spiro atoms. The van der Waals surface area contributed by atoms with Gasteiger partial charge in [-0.1, -0.05) is 13.8 Å². The van der Waals surface area contributed by atoms with E-state index in [1.807, 2.05) is 6.92 Å². The summed E-state index contributed by atoms with van der Waals surface area (Å²) >= 11 is 1.36. The number of thiophene rings is 1. The lowest BCUT2D eigenvalue weighted by Gasteiger charge is -2.32. The van der Waals surface area contributed by atoms with Gasteiger partial charge in [0.25, 0.3) is 0 Å². The molecule has 0 aromatic carbocycles. The van der Waals surface area contributed by atoms with Gasteiger partial charge in [-0.05, 0) is 44.3 Å². The van der Waals surface area contributed by atoms with Crippen molar-refractivity contribution in [3.05, 3.63) is 27.3 Å². The maximum atomic E-state index is 12.7. The van der Waals surface area contributed by atoms with E-state index in [0.717, 1.165) is 42.9 Å². The molecule has 0 unspecified atom stereocenters. The summed E-state index contributed by atoms with van der Waals surface area (Å²) in [6.07, 6.45) is 1.80. The average Bonchev–Trinajstić information content (AvgIpc) is 2.87. The Morgan fingerprint density at radius 3 is 2.50 bits per heavy atom. The number of piperidine rings is 1. The van der Waals surface area contributed by atoms with E-state index in [-0.39, 0.29) is 17.7 Å². The van der Waals surface area contributed by atoms with Gasteiger partial charge >= 0.3 is 5.97 Å². The highest BCUT2D eigenvalue weighted by Crippen LogP contribution is 2.29. The monoisotopic (exact) mass is 322 g/mol. The van der Waals surface area contributed by atoms with Crippen molar-refractivity contribution in [3.8, 4) is 0 Å². The summed E-state index contributed by atoms with van der Waals surface area (Å²) in [6, 6.07) is 0. The van der Waals surface area contributed by atoms with Crippen LogP contribution < -0.4 is 0 Å². The van der Waals surface area contributed by atoms with Gasteiger partial charge < -0.3 is 9.64 Å². The number of likely N-dealkylation sites (tertiary alicyclic amines) is 1. The third kappa shape index (κ3) is 3.76. The Hall–Kier alpha value is -1.20. The SMILES string of the molecule is COC(=O)c1csc(C(=O)C2CCN(C[C](C)C)CC2)c1C. The molecule has 1 aromatic heterocycles. The van der Waals surface area contributed by atoms with E-state index in [4.69, 9.17) is 4.74 Å². The summed E-state index contributed by atoms with van der Waals surface area (Å²) in [5, 5.41) is 1.74. The van der Waals surface area contributed by atoms with Gasteiger partial charge in [0.15, 0.2) is 5.78 Å². The van der Waals surface area contributed by atoms with E-state index in [1.165, 1.54) is 24.4 Å². The van der Waals surface area contributed by atoms with Crippen LogP contribution in [0.1, 0.15) is 52.3 Å². The van der Waals surface area contributed by atoms with Crippen LogP contribution in [0.15, 0.2) is 5.38 Å². The molecule has 1 radical (unpaired) electrons. The van der Waals surface area contributed by atoms with E-state index in [9.17, 15) is 9.59 Å². The smallest absolute Gasteiger partial charge is 0.338 e. The fourth-order valence-corrected chi connectivity index (χ4v) is 4.04. The Kier molecular flexibility index (Phi) is 5.75. The molecule has 1 aliphatic heterocycles. The zero-order chi connectivity index (χ0) is 16.3. The van der Waals surface area contributed by atoms with Crippen LogP contribution in [0.25, 0.3) is 0 Å².